The van der Waals surface area contributed by atoms with Gasteiger partial charge in [0.05, 0.1) is 6.20 Å². The average Bonchev–Trinajstić information content (AvgIpc) is 2.64. The van der Waals surface area contributed by atoms with Crippen molar-refractivity contribution < 1.29 is 4.79 Å². The van der Waals surface area contributed by atoms with Crippen molar-refractivity contribution in [3.05, 3.63) is 17.5 Å². The monoisotopic (exact) mass is 225 g/mol. The van der Waals surface area contributed by atoms with Crippen LogP contribution in [-0.2, 0) is 18.4 Å². The van der Waals surface area contributed by atoms with Crippen LogP contribution in [0.3, 0.4) is 0 Å². The molecule has 1 aliphatic rings. The van der Waals surface area contributed by atoms with Crippen molar-refractivity contribution in [1.29, 1.82) is 0 Å². The van der Waals surface area contributed by atoms with Gasteiger partial charge in [0.1, 0.15) is 0 Å². The first-order chi connectivity index (χ1) is 7.08. The molecule has 1 aromatic rings. The first kappa shape index (κ1) is 10.5. The molecule has 0 aromatic carbocycles. The lowest BCUT2D eigenvalue weighted by molar-refractivity contribution is -0.128. The zero-order valence-corrected chi connectivity index (χ0v) is 9.87. The number of aryl methyl sites for hydroxylation is 1. The molecule has 0 radical (unpaired) electrons. The van der Waals surface area contributed by atoms with E-state index < -0.39 is 0 Å². The Labute approximate surface area is 94.7 Å². The normalized spacial score (nSPS) is 21.4. The number of hydrogen-bond donors (Lipinski definition) is 1. The SMILES string of the molecule is Cc1c(CN2CC(S)CC2=O)cnn1C. The van der Waals surface area contributed by atoms with Gasteiger partial charge in [0, 0.05) is 43.1 Å². The second-order valence-corrected chi connectivity index (χ2v) is 4.74. The van der Waals surface area contributed by atoms with Gasteiger partial charge in [0.15, 0.2) is 0 Å². The molecule has 0 bridgehead atoms. The van der Waals surface area contributed by atoms with Crippen molar-refractivity contribution in [2.75, 3.05) is 6.54 Å². The second kappa shape index (κ2) is 3.89. The summed E-state index contributed by atoms with van der Waals surface area (Å²) < 4.78 is 1.83. The zero-order chi connectivity index (χ0) is 11.0. The van der Waals surface area contributed by atoms with Crippen molar-refractivity contribution in [1.82, 2.24) is 14.7 Å². The quantitative estimate of drug-likeness (QED) is 0.755. The van der Waals surface area contributed by atoms with E-state index in [1.165, 1.54) is 0 Å². The molecule has 1 aromatic heterocycles. The minimum absolute atomic E-state index is 0.189. The topological polar surface area (TPSA) is 38.1 Å². The lowest BCUT2D eigenvalue weighted by Crippen LogP contribution is -2.24. The van der Waals surface area contributed by atoms with Gasteiger partial charge < -0.3 is 4.90 Å². The number of carbonyl (C=O) groups is 1. The molecule has 5 heteroatoms. The molecule has 82 valence electrons. The van der Waals surface area contributed by atoms with E-state index >= 15 is 0 Å². The highest BCUT2D eigenvalue weighted by Crippen LogP contribution is 2.19. The fourth-order valence-electron chi connectivity index (χ4n) is 1.81. The summed E-state index contributed by atoms with van der Waals surface area (Å²) in [6.07, 6.45) is 2.39. The number of nitrogens with zero attached hydrogens (tertiary/aromatic N) is 3. The van der Waals surface area contributed by atoms with E-state index in [0.717, 1.165) is 17.8 Å². The predicted octanol–water partition coefficient (Wildman–Crippen LogP) is 0.759. The Bertz CT molecular complexity index is 388. The van der Waals surface area contributed by atoms with Gasteiger partial charge in [-0.1, -0.05) is 0 Å². The van der Waals surface area contributed by atoms with Crippen LogP contribution in [-0.4, -0.2) is 32.4 Å². The van der Waals surface area contributed by atoms with Gasteiger partial charge in [-0.25, -0.2) is 0 Å². The molecule has 0 spiro atoms. The van der Waals surface area contributed by atoms with Crippen molar-refractivity contribution in [3.8, 4) is 0 Å². The maximum atomic E-state index is 11.6. The summed E-state index contributed by atoms with van der Waals surface area (Å²) in [5.41, 5.74) is 2.23. The van der Waals surface area contributed by atoms with E-state index in [-0.39, 0.29) is 11.2 Å². The van der Waals surface area contributed by atoms with Crippen LogP contribution in [0.4, 0.5) is 0 Å². The van der Waals surface area contributed by atoms with E-state index in [9.17, 15) is 4.79 Å². The third-order valence-electron chi connectivity index (χ3n) is 2.89. The summed E-state index contributed by atoms with van der Waals surface area (Å²) in [7, 11) is 1.91. The van der Waals surface area contributed by atoms with Crippen LogP contribution in [0.5, 0.6) is 0 Å². The molecular formula is C10H15N3OS. The molecule has 1 aliphatic heterocycles. The van der Waals surface area contributed by atoms with Crippen molar-refractivity contribution in [2.45, 2.75) is 25.1 Å². The Kier molecular flexibility index (Phi) is 2.73. The molecule has 1 atom stereocenters. The minimum atomic E-state index is 0.189. The van der Waals surface area contributed by atoms with Crippen LogP contribution >= 0.6 is 12.6 Å². The van der Waals surface area contributed by atoms with Crippen LogP contribution < -0.4 is 0 Å². The summed E-state index contributed by atoms with van der Waals surface area (Å²) in [4.78, 5) is 13.4. The van der Waals surface area contributed by atoms with Gasteiger partial charge >= 0.3 is 0 Å². The molecule has 1 fully saturated rings. The Morgan fingerprint density at radius 1 is 1.67 bits per heavy atom. The van der Waals surface area contributed by atoms with Gasteiger partial charge in [-0.05, 0) is 6.92 Å². The van der Waals surface area contributed by atoms with Gasteiger partial charge in [-0.15, -0.1) is 0 Å². The van der Waals surface area contributed by atoms with Crippen LogP contribution in [0.15, 0.2) is 6.20 Å². The number of thiol groups is 1. The molecular weight excluding hydrogens is 210 g/mol. The molecule has 0 aliphatic carbocycles. The fraction of sp³-hybridized carbons (Fsp3) is 0.600. The predicted molar refractivity (Wildman–Crippen MR) is 60.8 cm³/mol. The largest absolute Gasteiger partial charge is 0.337 e. The first-order valence-corrected chi connectivity index (χ1v) is 5.53. The highest BCUT2D eigenvalue weighted by Gasteiger charge is 2.27. The first-order valence-electron chi connectivity index (χ1n) is 5.01. The number of carbonyl (C=O) groups excluding carboxylic acids is 1. The van der Waals surface area contributed by atoms with Crippen molar-refractivity contribution >= 4 is 18.5 Å². The van der Waals surface area contributed by atoms with E-state index in [4.69, 9.17) is 0 Å². The van der Waals surface area contributed by atoms with E-state index in [0.29, 0.717) is 13.0 Å². The number of amides is 1. The van der Waals surface area contributed by atoms with Gasteiger partial charge in [-0.3, -0.25) is 9.48 Å². The fourth-order valence-corrected chi connectivity index (χ4v) is 2.16. The maximum absolute atomic E-state index is 11.6. The third-order valence-corrected chi connectivity index (χ3v) is 3.24. The summed E-state index contributed by atoms with van der Waals surface area (Å²) in [5.74, 6) is 0.193. The standard InChI is InChI=1S/C10H15N3OS/c1-7-8(4-11-12(7)2)5-13-6-9(15)3-10(13)14/h4,9,15H,3,5-6H2,1-2H3. The molecule has 4 nitrogen and oxygen atoms in total. The lowest BCUT2D eigenvalue weighted by Gasteiger charge is -2.15. The molecule has 0 saturated carbocycles. The molecule has 15 heavy (non-hydrogen) atoms. The minimum Gasteiger partial charge on any atom is -0.337 e. The van der Waals surface area contributed by atoms with Gasteiger partial charge in [0.2, 0.25) is 5.91 Å². The van der Waals surface area contributed by atoms with Crippen LogP contribution in [0.2, 0.25) is 0 Å². The summed E-state index contributed by atoms with van der Waals surface area (Å²) >= 11 is 4.33. The van der Waals surface area contributed by atoms with E-state index in [2.05, 4.69) is 17.7 Å². The second-order valence-electron chi connectivity index (χ2n) is 4.01. The molecule has 0 N–H and O–H groups in total. The summed E-state index contributed by atoms with van der Waals surface area (Å²) in [6.45, 7) is 3.42. The highest BCUT2D eigenvalue weighted by atomic mass is 32.1. The number of aromatic nitrogens is 2. The Morgan fingerprint density at radius 3 is 2.87 bits per heavy atom. The zero-order valence-electron chi connectivity index (χ0n) is 8.97. The third kappa shape index (κ3) is 2.02. The van der Waals surface area contributed by atoms with Gasteiger partial charge in [0.25, 0.3) is 0 Å². The Morgan fingerprint density at radius 2 is 2.40 bits per heavy atom. The number of hydrogen-bond acceptors (Lipinski definition) is 3. The molecule has 1 saturated heterocycles. The van der Waals surface area contributed by atoms with E-state index in [1.807, 2.05) is 29.7 Å². The van der Waals surface area contributed by atoms with Crippen molar-refractivity contribution in [2.24, 2.45) is 7.05 Å². The van der Waals surface area contributed by atoms with Crippen LogP contribution in [0.1, 0.15) is 17.7 Å². The molecule has 1 amide bonds. The number of rotatable bonds is 2. The molecule has 1 unspecified atom stereocenters. The maximum Gasteiger partial charge on any atom is 0.224 e. The number of likely N-dealkylation sites (tertiary alicyclic amines) is 1. The molecule has 2 heterocycles. The Hall–Kier alpha value is -0.970. The van der Waals surface area contributed by atoms with Crippen LogP contribution in [0, 0.1) is 6.92 Å². The van der Waals surface area contributed by atoms with Crippen LogP contribution in [0.25, 0.3) is 0 Å². The average molecular weight is 225 g/mol. The van der Waals surface area contributed by atoms with Gasteiger partial charge in [-0.2, -0.15) is 17.7 Å². The Balaban J connectivity index is 2.09. The smallest absolute Gasteiger partial charge is 0.224 e. The lowest BCUT2D eigenvalue weighted by atomic mass is 10.2. The molecule has 2 rings (SSSR count). The summed E-state index contributed by atoms with van der Waals surface area (Å²) in [5, 5.41) is 4.35. The van der Waals surface area contributed by atoms with E-state index in [1.54, 1.807) is 0 Å². The highest BCUT2D eigenvalue weighted by molar-refractivity contribution is 7.81. The van der Waals surface area contributed by atoms with Crippen molar-refractivity contribution in [3.63, 3.8) is 0 Å². The summed E-state index contributed by atoms with van der Waals surface area (Å²) in [6, 6.07) is 0.